The Labute approximate surface area is 220 Å². The maximum absolute atomic E-state index is 14.4. The molecular weight excluding hydrogens is 476 g/mol. The van der Waals surface area contributed by atoms with Gasteiger partial charge in [0.1, 0.15) is 11.4 Å². The van der Waals surface area contributed by atoms with Gasteiger partial charge in [0, 0.05) is 11.6 Å². The van der Waals surface area contributed by atoms with Gasteiger partial charge >= 0.3 is 0 Å². The van der Waals surface area contributed by atoms with Gasteiger partial charge in [0.15, 0.2) is 0 Å². The van der Waals surface area contributed by atoms with Crippen molar-refractivity contribution >= 4 is 28.4 Å². The quantitative estimate of drug-likeness (QED) is 0.428. The van der Waals surface area contributed by atoms with E-state index >= 15 is 0 Å². The number of hydrogen-bond donors (Lipinski definition) is 1. The lowest BCUT2D eigenvalue weighted by molar-refractivity contribution is -0.123. The van der Waals surface area contributed by atoms with Crippen molar-refractivity contribution in [3.63, 3.8) is 0 Å². The molecular formula is C31H28N4O3. The number of anilines is 1. The number of aryl methyl sites for hydroxylation is 1. The van der Waals surface area contributed by atoms with Gasteiger partial charge in [-0.15, -0.1) is 0 Å². The summed E-state index contributed by atoms with van der Waals surface area (Å²) >= 11 is 0. The molecule has 3 aromatic carbocycles. The molecule has 2 amide bonds. The van der Waals surface area contributed by atoms with E-state index in [4.69, 9.17) is 4.98 Å². The smallest absolute Gasteiger partial charge is 0.266 e. The normalized spacial score (nSPS) is 25.5. The third-order valence-electron chi connectivity index (χ3n) is 8.62. The standard InChI is InChI=1S/C31H28N4O3/c1-4-18-13-15-19(16-14-18)34-28(37)24-25(29(34)38)31(33-26(24)17(2)3)21-10-6-8-12-23(21)35-27(36)20-9-5-7-11-22(20)32-30(31)35/h5-17,24-26,33H,4H2,1-3H3. The summed E-state index contributed by atoms with van der Waals surface area (Å²) in [6, 6.07) is 22.3. The van der Waals surface area contributed by atoms with Gasteiger partial charge in [0.05, 0.1) is 34.1 Å². The predicted molar refractivity (Wildman–Crippen MR) is 145 cm³/mol. The maximum Gasteiger partial charge on any atom is 0.266 e. The molecule has 0 radical (unpaired) electrons. The monoisotopic (exact) mass is 504 g/mol. The van der Waals surface area contributed by atoms with E-state index in [0.717, 1.165) is 17.5 Å². The molecule has 1 spiro atoms. The van der Waals surface area contributed by atoms with Crippen molar-refractivity contribution in [2.24, 2.45) is 17.8 Å². The molecule has 3 aliphatic rings. The van der Waals surface area contributed by atoms with Gasteiger partial charge in [-0.1, -0.05) is 63.2 Å². The van der Waals surface area contributed by atoms with Crippen LogP contribution < -0.4 is 15.8 Å². The minimum Gasteiger partial charge on any atom is -0.296 e. The summed E-state index contributed by atoms with van der Waals surface area (Å²) in [6.07, 6.45) is 0.873. The van der Waals surface area contributed by atoms with E-state index in [-0.39, 0.29) is 29.3 Å². The maximum atomic E-state index is 14.4. The van der Waals surface area contributed by atoms with Gasteiger partial charge in [0.2, 0.25) is 11.8 Å². The van der Waals surface area contributed by atoms with Gasteiger partial charge in [-0.05, 0) is 48.2 Å². The number of carbonyl (C=O) groups is 2. The molecule has 4 unspecified atom stereocenters. The van der Waals surface area contributed by atoms with Gasteiger partial charge in [0.25, 0.3) is 5.56 Å². The van der Waals surface area contributed by atoms with E-state index in [1.54, 1.807) is 10.6 Å². The van der Waals surface area contributed by atoms with Gasteiger partial charge in [-0.25, -0.2) is 9.88 Å². The van der Waals surface area contributed by atoms with Gasteiger partial charge in [-0.2, -0.15) is 0 Å². The van der Waals surface area contributed by atoms with Crippen LogP contribution in [0.4, 0.5) is 5.69 Å². The average molecular weight is 505 g/mol. The number of para-hydroxylation sites is 2. The van der Waals surface area contributed by atoms with Crippen LogP contribution in [0.5, 0.6) is 0 Å². The minimum absolute atomic E-state index is 0.0643. The predicted octanol–water partition coefficient (Wildman–Crippen LogP) is 3.94. The van der Waals surface area contributed by atoms with E-state index in [1.165, 1.54) is 4.90 Å². The second-order valence-corrected chi connectivity index (χ2v) is 10.9. The first-order chi connectivity index (χ1) is 18.4. The molecule has 38 heavy (non-hydrogen) atoms. The van der Waals surface area contributed by atoms with Gasteiger partial charge < -0.3 is 0 Å². The van der Waals surface area contributed by atoms with Crippen LogP contribution in [0.15, 0.2) is 77.6 Å². The summed E-state index contributed by atoms with van der Waals surface area (Å²) in [5.74, 6) is -1.25. The topological polar surface area (TPSA) is 84.3 Å². The van der Waals surface area contributed by atoms with Crippen LogP contribution in [0.2, 0.25) is 0 Å². The Morgan fingerprint density at radius 3 is 2.37 bits per heavy atom. The highest BCUT2D eigenvalue weighted by atomic mass is 16.2. The van der Waals surface area contributed by atoms with Crippen LogP contribution >= 0.6 is 0 Å². The van der Waals surface area contributed by atoms with Crippen molar-refractivity contribution in [1.82, 2.24) is 14.9 Å². The van der Waals surface area contributed by atoms with Crippen LogP contribution in [0.25, 0.3) is 16.6 Å². The fourth-order valence-corrected chi connectivity index (χ4v) is 6.86. The summed E-state index contributed by atoms with van der Waals surface area (Å²) in [4.78, 5) is 48.7. The van der Waals surface area contributed by atoms with Crippen molar-refractivity contribution < 1.29 is 9.59 Å². The summed E-state index contributed by atoms with van der Waals surface area (Å²) in [7, 11) is 0. The van der Waals surface area contributed by atoms with E-state index in [0.29, 0.717) is 28.1 Å². The van der Waals surface area contributed by atoms with E-state index in [9.17, 15) is 14.4 Å². The number of fused-ring (bicyclic) bond motifs is 8. The molecule has 3 aliphatic heterocycles. The van der Waals surface area contributed by atoms with E-state index < -0.39 is 17.4 Å². The first-order valence-electron chi connectivity index (χ1n) is 13.2. The Morgan fingerprint density at radius 1 is 0.921 bits per heavy atom. The van der Waals surface area contributed by atoms with Crippen molar-refractivity contribution in [3.8, 4) is 5.69 Å². The summed E-state index contributed by atoms with van der Waals surface area (Å²) < 4.78 is 1.64. The lowest BCUT2D eigenvalue weighted by atomic mass is 9.75. The number of nitrogens with one attached hydrogen (secondary N) is 1. The molecule has 4 aromatic rings. The molecule has 7 nitrogen and oxygen atoms in total. The molecule has 0 bridgehead atoms. The zero-order valence-electron chi connectivity index (χ0n) is 21.5. The number of carbonyl (C=O) groups excluding carboxylic acids is 2. The largest absolute Gasteiger partial charge is 0.296 e. The molecule has 1 N–H and O–H groups in total. The Bertz CT molecular complexity index is 1710. The second-order valence-electron chi connectivity index (χ2n) is 10.9. The molecule has 190 valence electrons. The van der Waals surface area contributed by atoms with Crippen molar-refractivity contribution in [1.29, 1.82) is 0 Å². The lowest BCUT2D eigenvalue weighted by Crippen LogP contribution is -2.51. The van der Waals surface area contributed by atoms with Crippen LogP contribution in [0.3, 0.4) is 0 Å². The minimum atomic E-state index is -1.11. The third-order valence-corrected chi connectivity index (χ3v) is 8.62. The van der Waals surface area contributed by atoms with Crippen LogP contribution in [-0.4, -0.2) is 27.4 Å². The zero-order chi connectivity index (χ0) is 26.3. The zero-order valence-corrected chi connectivity index (χ0v) is 21.5. The fourth-order valence-electron chi connectivity index (χ4n) is 6.86. The van der Waals surface area contributed by atoms with E-state index in [2.05, 4.69) is 26.1 Å². The molecule has 7 rings (SSSR count). The SMILES string of the molecule is CCc1ccc(N2C(=O)C3C(C(C)C)NC4(c5ccccc5-n5c4nc4ccccc4c5=O)C3C2=O)cc1. The summed E-state index contributed by atoms with van der Waals surface area (Å²) in [6.45, 7) is 6.19. The second kappa shape index (κ2) is 7.95. The molecule has 2 fully saturated rings. The Morgan fingerprint density at radius 2 is 1.63 bits per heavy atom. The Hall–Kier alpha value is -4.10. The Balaban J connectivity index is 1.51. The molecule has 7 heteroatoms. The number of rotatable bonds is 3. The summed E-state index contributed by atoms with van der Waals surface area (Å²) in [5, 5.41) is 4.25. The molecule has 2 saturated heterocycles. The average Bonchev–Trinajstić information content (AvgIpc) is 3.53. The number of aromatic nitrogens is 2. The van der Waals surface area contributed by atoms with Crippen molar-refractivity contribution in [3.05, 3.63) is 100 Å². The van der Waals surface area contributed by atoms with Crippen LogP contribution in [-0.2, 0) is 21.5 Å². The third kappa shape index (κ3) is 2.77. The highest BCUT2D eigenvalue weighted by molar-refractivity contribution is 6.23. The number of nitrogens with zero attached hydrogens (tertiary/aromatic N) is 3. The van der Waals surface area contributed by atoms with Crippen LogP contribution in [0, 0.1) is 17.8 Å². The molecule has 0 aliphatic carbocycles. The van der Waals surface area contributed by atoms with E-state index in [1.807, 2.05) is 66.7 Å². The summed E-state index contributed by atoms with van der Waals surface area (Å²) in [5.41, 5.74) is 2.52. The molecule has 4 heterocycles. The van der Waals surface area contributed by atoms with Crippen LogP contribution in [0.1, 0.15) is 37.7 Å². The fraction of sp³-hybridized carbons (Fsp3) is 0.290. The number of imide groups is 1. The van der Waals surface area contributed by atoms with Gasteiger partial charge in [-0.3, -0.25) is 24.3 Å². The highest BCUT2D eigenvalue weighted by Crippen LogP contribution is 2.56. The highest BCUT2D eigenvalue weighted by Gasteiger charge is 2.70. The first-order valence-corrected chi connectivity index (χ1v) is 13.2. The molecule has 4 atom stereocenters. The molecule has 0 saturated carbocycles. The first kappa shape index (κ1) is 23.0. The molecule has 1 aromatic heterocycles. The number of benzene rings is 3. The van der Waals surface area contributed by atoms with Crippen molar-refractivity contribution in [2.45, 2.75) is 38.8 Å². The number of hydrogen-bond acceptors (Lipinski definition) is 5. The lowest BCUT2D eigenvalue weighted by Gasteiger charge is -2.32. The number of amides is 2. The Kier molecular flexibility index (Phi) is 4.82. The van der Waals surface area contributed by atoms with Crippen molar-refractivity contribution in [2.75, 3.05) is 4.90 Å².